The molecule has 3 aromatic rings. The first kappa shape index (κ1) is 21.5. The van der Waals surface area contributed by atoms with E-state index in [1.54, 1.807) is 12.1 Å². The highest BCUT2D eigenvalue weighted by Crippen LogP contribution is 2.28. The summed E-state index contributed by atoms with van der Waals surface area (Å²) >= 11 is 0. The van der Waals surface area contributed by atoms with Crippen molar-refractivity contribution in [3.05, 3.63) is 86.4 Å². The molecule has 9 nitrogen and oxygen atoms in total. The minimum absolute atomic E-state index is 0.123. The van der Waals surface area contributed by atoms with Gasteiger partial charge in [-0.05, 0) is 24.3 Å². The van der Waals surface area contributed by atoms with E-state index in [2.05, 4.69) is 15.6 Å². The molecule has 0 saturated heterocycles. The Bertz CT molecular complexity index is 1270. The van der Waals surface area contributed by atoms with Crippen LogP contribution in [0.3, 0.4) is 0 Å². The van der Waals surface area contributed by atoms with Gasteiger partial charge in [-0.15, -0.1) is 0 Å². The third kappa shape index (κ3) is 4.86. The first-order valence-electron chi connectivity index (χ1n) is 9.13. The number of halogens is 1. The van der Waals surface area contributed by atoms with Crippen molar-refractivity contribution in [2.75, 3.05) is 17.7 Å². The molecular weight excluding hydrogens is 407 g/mol. The van der Waals surface area contributed by atoms with Crippen LogP contribution in [0.15, 0.2) is 58.3 Å². The zero-order valence-electron chi connectivity index (χ0n) is 16.7. The number of aromatic amines is 1. The second-order valence-electron chi connectivity index (χ2n) is 6.54. The van der Waals surface area contributed by atoms with Crippen LogP contribution in [-0.2, 0) is 11.3 Å². The van der Waals surface area contributed by atoms with Crippen molar-refractivity contribution in [2.24, 2.45) is 0 Å². The average molecular weight is 426 g/mol. The number of amides is 2. The van der Waals surface area contributed by atoms with Gasteiger partial charge in [0.05, 0.1) is 19.3 Å². The van der Waals surface area contributed by atoms with Crippen LogP contribution in [-0.4, -0.2) is 28.5 Å². The average Bonchev–Trinajstić information content (AvgIpc) is 2.72. The molecule has 0 spiro atoms. The molecule has 0 fully saturated rings. The van der Waals surface area contributed by atoms with Crippen molar-refractivity contribution in [2.45, 2.75) is 13.5 Å². The summed E-state index contributed by atoms with van der Waals surface area (Å²) in [5.74, 6) is -1.41. The van der Waals surface area contributed by atoms with Crippen molar-refractivity contribution in [3.8, 4) is 5.75 Å². The molecule has 0 aliphatic heterocycles. The third-order valence-electron chi connectivity index (χ3n) is 4.36. The standard InChI is InChI=1S/C21H19FN4O5/c1-12(27)24-14-7-8-18(31-2)17(9-14)25-19(28)15-10-23-21(30)26(20(15)29)11-13-5-3-4-6-16(13)22/h3-10H,11H2,1-2H3,(H,23,30)(H,24,27)(H,25,28). The first-order chi connectivity index (χ1) is 14.8. The Kier molecular flexibility index (Phi) is 6.29. The topological polar surface area (TPSA) is 122 Å². The molecule has 0 bridgehead atoms. The highest BCUT2D eigenvalue weighted by Gasteiger charge is 2.18. The van der Waals surface area contributed by atoms with Crippen molar-refractivity contribution in [1.82, 2.24) is 9.55 Å². The van der Waals surface area contributed by atoms with Gasteiger partial charge in [0.15, 0.2) is 0 Å². The van der Waals surface area contributed by atoms with Crippen LogP contribution in [0.1, 0.15) is 22.8 Å². The Balaban J connectivity index is 1.94. The Morgan fingerprint density at radius 3 is 2.55 bits per heavy atom. The summed E-state index contributed by atoms with van der Waals surface area (Å²) in [6, 6.07) is 10.3. The lowest BCUT2D eigenvalue weighted by molar-refractivity contribution is -0.114. The number of anilines is 2. The summed E-state index contributed by atoms with van der Waals surface area (Å²) in [6.07, 6.45) is 0.988. The van der Waals surface area contributed by atoms with Gasteiger partial charge in [-0.3, -0.25) is 19.0 Å². The van der Waals surface area contributed by atoms with E-state index in [0.29, 0.717) is 11.4 Å². The van der Waals surface area contributed by atoms with Crippen LogP contribution >= 0.6 is 0 Å². The fourth-order valence-electron chi connectivity index (χ4n) is 2.89. The van der Waals surface area contributed by atoms with E-state index in [-0.39, 0.29) is 29.3 Å². The molecule has 160 valence electrons. The minimum atomic E-state index is -0.888. The van der Waals surface area contributed by atoms with E-state index in [1.165, 1.54) is 44.4 Å². The van der Waals surface area contributed by atoms with Crippen LogP contribution in [0, 0.1) is 5.82 Å². The molecule has 3 rings (SSSR count). The van der Waals surface area contributed by atoms with Crippen LogP contribution < -0.4 is 26.6 Å². The van der Waals surface area contributed by atoms with Gasteiger partial charge in [-0.1, -0.05) is 18.2 Å². The lowest BCUT2D eigenvalue weighted by atomic mass is 10.2. The van der Waals surface area contributed by atoms with E-state index in [0.717, 1.165) is 10.8 Å². The van der Waals surface area contributed by atoms with Gasteiger partial charge in [-0.2, -0.15) is 0 Å². The zero-order valence-corrected chi connectivity index (χ0v) is 16.7. The summed E-state index contributed by atoms with van der Waals surface area (Å²) in [5.41, 5.74) is -1.30. The van der Waals surface area contributed by atoms with Crippen LogP contribution in [0.5, 0.6) is 5.75 Å². The molecule has 10 heteroatoms. The molecule has 0 radical (unpaired) electrons. The lowest BCUT2D eigenvalue weighted by Gasteiger charge is -2.13. The molecule has 3 N–H and O–H groups in total. The van der Waals surface area contributed by atoms with Gasteiger partial charge in [0.25, 0.3) is 11.5 Å². The number of nitrogens with one attached hydrogen (secondary N) is 3. The van der Waals surface area contributed by atoms with Gasteiger partial charge in [0, 0.05) is 24.4 Å². The molecule has 0 aliphatic carbocycles. The number of nitrogens with zero attached hydrogens (tertiary/aromatic N) is 1. The zero-order chi connectivity index (χ0) is 22.5. The Hall–Kier alpha value is -4.21. The molecule has 1 heterocycles. The number of benzene rings is 2. The number of aromatic nitrogens is 2. The summed E-state index contributed by atoms with van der Waals surface area (Å²) in [4.78, 5) is 51.3. The van der Waals surface area contributed by atoms with Crippen LogP contribution in [0.2, 0.25) is 0 Å². The predicted molar refractivity (Wildman–Crippen MR) is 112 cm³/mol. The Morgan fingerprint density at radius 2 is 1.87 bits per heavy atom. The summed E-state index contributed by atoms with van der Waals surface area (Å²) in [5, 5.41) is 5.10. The number of carbonyl (C=O) groups excluding carboxylic acids is 2. The number of ether oxygens (including phenoxy) is 1. The molecule has 0 unspecified atom stereocenters. The molecule has 0 aliphatic rings. The monoisotopic (exact) mass is 426 g/mol. The van der Waals surface area contributed by atoms with E-state index >= 15 is 0 Å². The molecule has 0 saturated carbocycles. The molecule has 0 atom stereocenters. The fraction of sp³-hybridized carbons (Fsp3) is 0.143. The maximum absolute atomic E-state index is 13.9. The van der Waals surface area contributed by atoms with Crippen LogP contribution in [0.25, 0.3) is 0 Å². The molecule has 31 heavy (non-hydrogen) atoms. The Labute approximate surface area is 175 Å². The summed E-state index contributed by atoms with van der Waals surface area (Å²) < 4.78 is 19.9. The van der Waals surface area contributed by atoms with E-state index < -0.39 is 23.0 Å². The predicted octanol–water partition coefficient (Wildman–Crippen LogP) is 1.94. The van der Waals surface area contributed by atoms with E-state index in [9.17, 15) is 23.6 Å². The maximum Gasteiger partial charge on any atom is 0.328 e. The van der Waals surface area contributed by atoms with E-state index in [4.69, 9.17) is 4.74 Å². The summed E-state index contributed by atoms with van der Waals surface area (Å²) in [7, 11) is 1.39. The normalized spacial score (nSPS) is 10.4. The number of methoxy groups -OCH3 is 1. The van der Waals surface area contributed by atoms with Crippen molar-refractivity contribution < 1.29 is 18.7 Å². The highest BCUT2D eigenvalue weighted by atomic mass is 19.1. The molecular formula is C21H19FN4O5. The van der Waals surface area contributed by atoms with Gasteiger partial charge < -0.3 is 20.4 Å². The number of H-pyrrole nitrogens is 1. The number of rotatable bonds is 6. The quantitative estimate of drug-likeness (QED) is 0.556. The maximum atomic E-state index is 13.9. The van der Waals surface area contributed by atoms with Gasteiger partial charge in [0.2, 0.25) is 5.91 Å². The van der Waals surface area contributed by atoms with Crippen LogP contribution in [0.4, 0.5) is 15.8 Å². The SMILES string of the molecule is COc1ccc(NC(C)=O)cc1NC(=O)c1c[nH]c(=O)n(Cc2ccccc2F)c1=O. The highest BCUT2D eigenvalue weighted by molar-refractivity contribution is 6.05. The fourth-order valence-corrected chi connectivity index (χ4v) is 2.89. The van der Waals surface area contributed by atoms with E-state index in [1.807, 2.05) is 0 Å². The second-order valence-corrected chi connectivity index (χ2v) is 6.54. The third-order valence-corrected chi connectivity index (χ3v) is 4.36. The molecule has 2 amide bonds. The van der Waals surface area contributed by atoms with Crippen molar-refractivity contribution in [3.63, 3.8) is 0 Å². The number of carbonyl (C=O) groups is 2. The smallest absolute Gasteiger partial charge is 0.328 e. The minimum Gasteiger partial charge on any atom is -0.495 e. The summed E-state index contributed by atoms with van der Waals surface area (Å²) in [6.45, 7) is 0.990. The number of hydrogen-bond donors (Lipinski definition) is 3. The van der Waals surface area contributed by atoms with Crippen molar-refractivity contribution >= 4 is 23.2 Å². The van der Waals surface area contributed by atoms with Gasteiger partial charge in [0.1, 0.15) is 17.1 Å². The largest absolute Gasteiger partial charge is 0.495 e. The van der Waals surface area contributed by atoms with Crippen molar-refractivity contribution in [1.29, 1.82) is 0 Å². The van der Waals surface area contributed by atoms with Gasteiger partial charge in [-0.25, -0.2) is 9.18 Å². The number of hydrogen-bond acceptors (Lipinski definition) is 5. The lowest BCUT2D eigenvalue weighted by Crippen LogP contribution is -2.39. The molecule has 2 aromatic carbocycles. The first-order valence-corrected chi connectivity index (χ1v) is 9.13. The van der Waals surface area contributed by atoms with Gasteiger partial charge >= 0.3 is 5.69 Å². The molecule has 1 aromatic heterocycles. The Morgan fingerprint density at radius 1 is 1.13 bits per heavy atom. The second kappa shape index (κ2) is 9.08.